The lowest BCUT2D eigenvalue weighted by Gasteiger charge is -2.40. The number of hydrogen-bond acceptors (Lipinski definition) is 3. The summed E-state index contributed by atoms with van der Waals surface area (Å²) in [4.78, 5) is 14.0. The van der Waals surface area contributed by atoms with Gasteiger partial charge in [-0.25, -0.2) is 0 Å². The zero-order chi connectivity index (χ0) is 18.4. The van der Waals surface area contributed by atoms with Gasteiger partial charge in [-0.1, -0.05) is 60.1 Å². The van der Waals surface area contributed by atoms with E-state index in [1.807, 2.05) is 30.3 Å². The molecule has 1 fully saturated rings. The third-order valence-corrected chi connectivity index (χ3v) is 5.79. The molecule has 3 nitrogen and oxygen atoms in total. The fraction of sp³-hybridized carbons (Fsp3) is 0.273. The van der Waals surface area contributed by atoms with Crippen molar-refractivity contribution in [1.29, 1.82) is 5.26 Å². The third-order valence-electron chi connectivity index (χ3n) is 4.97. The molecular weight excluding hydrogens is 340 g/mol. The highest BCUT2D eigenvalue weighted by Gasteiger charge is 2.45. The van der Waals surface area contributed by atoms with E-state index < -0.39 is 5.41 Å². The number of amides is 1. The lowest BCUT2D eigenvalue weighted by atomic mass is 9.64. The highest BCUT2D eigenvalue weighted by molar-refractivity contribution is 8.02. The fourth-order valence-electron chi connectivity index (χ4n) is 3.23. The second-order valence-electron chi connectivity index (χ2n) is 6.68. The number of nitrogens with one attached hydrogen (secondary N) is 1. The van der Waals surface area contributed by atoms with E-state index in [4.69, 9.17) is 5.26 Å². The number of thioether (sulfide) groups is 1. The van der Waals surface area contributed by atoms with Gasteiger partial charge < -0.3 is 5.32 Å². The summed E-state index contributed by atoms with van der Waals surface area (Å²) in [5.41, 5.74) is 3.03. The van der Waals surface area contributed by atoms with Crippen molar-refractivity contribution < 1.29 is 4.79 Å². The summed E-state index contributed by atoms with van der Waals surface area (Å²) in [5.74, 6) is 0.120. The van der Waals surface area contributed by atoms with Gasteiger partial charge in [-0.15, -0.1) is 0 Å². The van der Waals surface area contributed by atoms with Gasteiger partial charge in [0.25, 0.3) is 0 Å². The number of carbonyl (C=O) groups is 1. The van der Waals surface area contributed by atoms with E-state index >= 15 is 0 Å². The number of nitriles is 1. The Morgan fingerprint density at radius 2 is 1.88 bits per heavy atom. The summed E-state index contributed by atoms with van der Waals surface area (Å²) in [6.45, 7) is 2.62. The summed E-state index contributed by atoms with van der Waals surface area (Å²) in [5, 5.41) is 13.4. The molecule has 1 N–H and O–H groups in total. The molecule has 2 aromatic rings. The van der Waals surface area contributed by atoms with E-state index in [2.05, 4.69) is 36.5 Å². The second kappa shape index (κ2) is 8.25. The van der Waals surface area contributed by atoms with Gasteiger partial charge in [0.15, 0.2) is 0 Å². The highest BCUT2D eigenvalue weighted by atomic mass is 32.2. The zero-order valence-electron chi connectivity index (χ0n) is 14.9. The molecule has 0 spiro atoms. The minimum absolute atomic E-state index is 0.120. The van der Waals surface area contributed by atoms with Gasteiger partial charge in [0.05, 0.1) is 11.5 Å². The Kier molecular flexibility index (Phi) is 5.80. The quantitative estimate of drug-likeness (QED) is 0.589. The van der Waals surface area contributed by atoms with E-state index in [0.717, 1.165) is 35.3 Å². The Hall–Kier alpha value is -2.51. The second-order valence-corrected chi connectivity index (χ2v) is 7.66. The molecule has 0 radical (unpaired) electrons. The van der Waals surface area contributed by atoms with Crippen molar-refractivity contribution in [3.05, 3.63) is 76.7 Å². The molecule has 0 aliphatic heterocycles. The molecule has 0 atom stereocenters. The predicted octanol–water partition coefficient (Wildman–Crippen LogP) is 4.86. The molecule has 132 valence electrons. The van der Waals surface area contributed by atoms with Crippen LogP contribution >= 0.6 is 11.8 Å². The maximum Gasteiger partial charge on any atom is 0.230 e. The predicted molar refractivity (Wildman–Crippen MR) is 106 cm³/mol. The third kappa shape index (κ3) is 4.00. The Morgan fingerprint density at radius 3 is 2.46 bits per heavy atom. The summed E-state index contributed by atoms with van der Waals surface area (Å²) >= 11 is 1.50. The first-order valence-corrected chi connectivity index (χ1v) is 9.68. The smallest absolute Gasteiger partial charge is 0.230 e. The molecule has 1 aliphatic carbocycles. The van der Waals surface area contributed by atoms with Crippen LogP contribution in [-0.4, -0.2) is 5.91 Å². The number of nitrogens with zero attached hydrogens (tertiary/aromatic N) is 1. The van der Waals surface area contributed by atoms with Crippen LogP contribution in [0.4, 0.5) is 0 Å². The molecule has 2 aromatic carbocycles. The number of carbonyl (C=O) groups excluding carboxylic acids is 1. The maximum atomic E-state index is 12.9. The summed E-state index contributed by atoms with van der Waals surface area (Å²) < 4.78 is 0. The Balaban J connectivity index is 1.67. The normalized spacial score (nSPS) is 15.2. The van der Waals surface area contributed by atoms with Crippen LogP contribution in [0.2, 0.25) is 0 Å². The SMILES string of the molecule is Cc1ccc(CNC(=O)C2(c3ccc(S/C=C/C#N)cc3)CCC2)cc1. The molecule has 26 heavy (non-hydrogen) atoms. The minimum atomic E-state index is -0.392. The Bertz CT molecular complexity index is 828. The van der Waals surface area contributed by atoms with E-state index in [1.165, 1.54) is 23.4 Å². The van der Waals surface area contributed by atoms with E-state index in [0.29, 0.717) is 6.54 Å². The number of benzene rings is 2. The molecule has 1 aliphatic rings. The number of allylic oxidation sites excluding steroid dienone is 1. The van der Waals surface area contributed by atoms with Crippen molar-refractivity contribution in [2.45, 2.75) is 43.0 Å². The van der Waals surface area contributed by atoms with Gasteiger partial charge in [-0.3, -0.25) is 4.79 Å². The highest BCUT2D eigenvalue weighted by Crippen LogP contribution is 2.44. The Morgan fingerprint density at radius 1 is 1.19 bits per heavy atom. The Labute approximate surface area is 159 Å². The number of aryl methyl sites for hydroxylation is 1. The van der Waals surface area contributed by atoms with Gasteiger partial charge in [0.1, 0.15) is 0 Å². The van der Waals surface area contributed by atoms with Crippen molar-refractivity contribution in [3.8, 4) is 6.07 Å². The standard InChI is InChI=1S/C22H22N2OS/c1-17-4-6-18(7-5-17)16-24-21(25)22(12-2-13-22)19-8-10-20(11-9-19)26-15-3-14-23/h3-11,15H,2,12-13,16H2,1H3,(H,24,25)/b15-3+. The summed E-state index contributed by atoms with van der Waals surface area (Å²) in [6, 6.07) is 18.4. The summed E-state index contributed by atoms with van der Waals surface area (Å²) in [6.07, 6.45) is 4.34. The molecule has 1 amide bonds. The van der Waals surface area contributed by atoms with Gasteiger partial charge in [-0.2, -0.15) is 5.26 Å². The van der Waals surface area contributed by atoms with Crippen molar-refractivity contribution in [2.75, 3.05) is 0 Å². The summed E-state index contributed by atoms with van der Waals surface area (Å²) in [7, 11) is 0. The van der Waals surface area contributed by atoms with Crippen molar-refractivity contribution >= 4 is 17.7 Å². The first kappa shape index (κ1) is 18.3. The average Bonchev–Trinajstić information content (AvgIpc) is 2.62. The van der Waals surface area contributed by atoms with Crippen LogP contribution in [0.1, 0.15) is 36.0 Å². The van der Waals surface area contributed by atoms with Crippen molar-refractivity contribution in [3.63, 3.8) is 0 Å². The van der Waals surface area contributed by atoms with Crippen molar-refractivity contribution in [1.82, 2.24) is 5.32 Å². The molecule has 1 saturated carbocycles. The van der Waals surface area contributed by atoms with E-state index in [1.54, 1.807) is 5.41 Å². The van der Waals surface area contributed by atoms with Crippen LogP contribution in [0.25, 0.3) is 0 Å². The fourth-order valence-corrected chi connectivity index (χ4v) is 3.81. The van der Waals surface area contributed by atoms with Crippen LogP contribution in [-0.2, 0) is 16.8 Å². The van der Waals surface area contributed by atoms with E-state index in [-0.39, 0.29) is 5.91 Å². The van der Waals surface area contributed by atoms with Crippen LogP contribution in [0, 0.1) is 18.3 Å². The zero-order valence-corrected chi connectivity index (χ0v) is 15.7. The first-order valence-electron chi connectivity index (χ1n) is 8.80. The van der Waals surface area contributed by atoms with Crippen LogP contribution in [0.15, 0.2) is 64.9 Å². The molecule has 0 bridgehead atoms. The topological polar surface area (TPSA) is 52.9 Å². The van der Waals surface area contributed by atoms with Gasteiger partial charge in [0.2, 0.25) is 5.91 Å². The monoisotopic (exact) mass is 362 g/mol. The van der Waals surface area contributed by atoms with Crippen LogP contribution < -0.4 is 5.32 Å². The molecule has 0 unspecified atom stereocenters. The van der Waals surface area contributed by atoms with Gasteiger partial charge in [0, 0.05) is 17.5 Å². The number of rotatable bonds is 6. The van der Waals surface area contributed by atoms with Crippen LogP contribution in [0.3, 0.4) is 0 Å². The first-order chi connectivity index (χ1) is 12.6. The molecule has 0 heterocycles. The average molecular weight is 362 g/mol. The maximum absolute atomic E-state index is 12.9. The minimum Gasteiger partial charge on any atom is -0.351 e. The van der Waals surface area contributed by atoms with Gasteiger partial charge >= 0.3 is 0 Å². The lowest BCUT2D eigenvalue weighted by Crippen LogP contribution is -2.48. The molecular formula is C22H22N2OS. The molecule has 0 aromatic heterocycles. The lowest BCUT2D eigenvalue weighted by molar-refractivity contribution is -0.130. The molecule has 3 rings (SSSR count). The molecule has 0 saturated heterocycles. The van der Waals surface area contributed by atoms with Crippen LogP contribution in [0.5, 0.6) is 0 Å². The van der Waals surface area contributed by atoms with E-state index in [9.17, 15) is 4.79 Å². The number of hydrogen-bond donors (Lipinski definition) is 1. The van der Waals surface area contributed by atoms with Crippen molar-refractivity contribution in [2.24, 2.45) is 0 Å². The largest absolute Gasteiger partial charge is 0.351 e. The molecule has 4 heteroatoms. The van der Waals surface area contributed by atoms with Gasteiger partial charge in [-0.05, 0) is 48.4 Å².